The minimum absolute atomic E-state index is 0.0115. The van der Waals surface area contributed by atoms with Gasteiger partial charge in [0.05, 0.1) is 0 Å². The lowest BCUT2D eigenvalue weighted by Gasteiger charge is -2.12. The van der Waals surface area contributed by atoms with E-state index >= 15 is 0 Å². The second-order valence-corrected chi connectivity index (χ2v) is 5.05. The van der Waals surface area contributed by atoms with Gasteiger partial charge in [-0.3, -0.25) is 19.2 Å². The summed E-state index contributed by atoms with van der Waals surface area (Å²) >= 11 is 0. The van der Waals surface area contributed by atoms with E-state index in [0.29, 0.717) is 10.6 Å². The molecule has 1 aliphatic rings. The predicted molar refractivity (Wildman–Crippen MR) is 78.2 cm³/mol. The van der Waals surface area contributed by atoms with Gasteiger partial charge in [0.25, 0.3) is 11.8 Å². The highest BCUT2D eigenvalue weighted by molar-refractivity contribution is 6.01. The first-order valence-corrected chi connectivity index (χ1v) is 6.90. The maximum atomic E-state index is 11.6. The first-order valence-electron chi connectivity index (χ1n) is 6.90. The molecular weight excluding hydrogens is 302 g/mol. The molecular formula is C16H15NO6. The van der Waals surface area contributed by atoms with Crippen molar-refractivity contribution in [3.05, 3.63) is 42.0 Å². The molecule has 0 aromatic heterocycles. The van der Waals surface area contributed by atoms with Crippen molar-refractivity contribution in [2.24, 2.45) is 0 Å². The molecule has 0 bridgehead atoms. The molecule has 7 nitrogen and oxygen atoms in total. The number of ketones is 1. The monoisotopic (exact) mass is 317 g/mol. The van der Waals surface area contributed by atoms with Gasteiger partial charge in [-0.25, -0.2) is 4.79 Å². The van der Waals surface area contributed by atoms with Crippen molar-refractivity contribution < 1.29 is 28.8 Å². The van der Waals surface area contributed by atoms with Crippen LogP contribution in [0, 0.1) is 0 Å². The zero-order valence-corrected chi connectivity index (χ0v) is 12.5. The quantitative estimate of drug-likeness (QED) is 0.357. The second kappa shape index (κ2) is 6.87. The lowest BCUT2D eigenvalue weighted by molar-refractivity contribution is -0.174. The lowest BCUT2D eigenvalue weighted by Crippen LogP contribution is -2.33. The first-order chi connectivity index (χ1) is 10.9. The van der Waals surface area contributed by atoms with E-state index in [9.17, 15) is 19.2 Å². The van der Waals surface area contributed by atoms with Crippen LogP contribution in [0.3, 0.4) is 0 Å². The summed E-state index contributed by atoms with van der Waals surface area (Å²) in [7, 11) is 0. The van der Waals surface area contributed by atoms with Gasteiger partial charge in [-0.2, -0.15) is 0 Å². The maximum Gasteiger partial charge on any atom is 0.539 e. The third kappa shape index (κ3) is 4.26. The van der Waals surface area contributed by atoms with Crippen molar-refractivity contribution in [2.45, 2.75) is 26.2 Å². The summed E-state index contributed by atoms with van der Waals surface area (Å²) in [6, 6.07) is 6.21. The maximum absolute atomic E-state index is 11.6. The van der Waals surface area contributed by atoms with Gasteiger partial charge < -0.3 is 4.74 Å². The van der Waals surface area contributed by atoms with Crippen LogP contribution < -0.4 is 4.74 Å². The summed E-state index contributed by atoms with van der Waals surface area (Å²) in [5.74, 6) is -1.08. The normalized spacial score (nSPS) is 13.9. The number of ether oxygens (including phenoxy) is 1. The highest BCUT2D eigenvalue weighted by atomic mass is 16.8. The molecule has 120 valence electrons. The molecule has 1 aliphatic heterocycles. The van der Waals surface area contributed by atoms with Crippen LogP contribution in [-0.4, -0.2) is 28.8 Å². The fourth-order valence-corrected chi connectivity index (χ4v) is 1.86. The molecule has 2 amide bonds. The Morgan fingerprint density at radius 2 is 1.70 bits per heavy atom. The average molecular weight is 317 g/mol. The number of Topliss-reactive ketones (excluding diaryl/α,β-unsaturated/α-hetero) is 1. The Balaban J connectivity index is 1.91. The molecule has 1 aromatic carbocycles. The molecule has 1 saturated heterocycles. The molecule has 7 heteroatoms. The molecule has 0 spiro atoms. The zero-order chi connectivity index (χ0) is 17.0. The second-order valence-electron chi connectivity index (χ2n) is 5.05. The number of rotatable bonds is 5. The summed E-state index contributed by atoms with van der Waals surface area (Å²) in [4.78, 5) is 50.3. The van der Waals surface area contributed by atoms with Crippen molar-refractivity contribution in [3.8, 4) is 5.75 Å². The fourth-order valence-electron chi connectivity index (χ4n) is 1.86. The predicted octanol–water partition coefficient (Wildman–Crippen LogP) is 1.95. The van der Waals surface area contributed by atoms with E-state index in [1.165, 1.54) is 12.1 Å². The van der Waals surface area contributed by atoms with Gasteiger partial charge in [0.2, 0.25) is 0 Å². The molecule has 0 saturated carbocycles. The van der Waals surface area contributed by atoms with Gasteiger partial charge in [0.1, 0.15) is 5.75 Å². The van der Waals surface area contributed by atoms with Gasteiger partial charge >= 0.3 is 6.16 Å². The number of hydrogen-bond donors (Lipinski definition) is 0. The van der Waals surface area contributed by atoms with Crippen LogP contribution in [0.5, 0.6) is 5.75 Å². The van der Waals surface area contributed by atoms with Crippen LogP contribution in [0.1, 0.15) is 25.3 Å². The van der Waals surface area contributed by atoms with Crippen LogP contribution in [0.25, 0.3) is 0 Å². The minimum atomic E-state index is -1.18. The molecule has 0 atom stereocenters. The van der Waals surface area contributed by atoms with E-state index in [1.807, 2.05) is 0 Å². The van der Waals surface area contributed by atoms with Crippen LogP contribution in [0.2, 0.25) is 0 Å². The molecule has 23 heavy (non-hydrogen) atoms. The van der Waals surface area contributed by atoms with Crippen LogP contribution in [0.15, 0.2) is 36.4 Å². The molecule has 1 aromatic rings. The number of benzene rings is 1. The highest BCUT2D eigenvalue weighted by Crippen LogP contribution is 2.16. The number of imide groups is 1. The van der Waals surface area contributed by atoms with Crippen molar-refractivity contribution >= 4 is 23.8 Å². The van der Waals surface area contributed by atoms with Crippen LogP contribution >= 0.6 is 0 Å². The molecule has 0 N–H and O–H groups in total. The summed E-state index contributed by atoms with van der Waals surface area (Å²) in [5.41, 5.74) is 1.21. The number of carbonyl (C=O) groups is 4. The van der Waals surface area contributed by atoms with Crippen molar-refractivity contribution in [1.82, 2.24) is 5.06 Å². The Kier molecular flexibility index (Phi) is 4.90. The average Bonchev–Trinajstić information content (AvgIpc) is 2.81. The Bertz CT molecular complexity index is 660. The van der Waals surface area contributed by atoms with E-state index in [2.05, 4.69) is 11.4 Å². The van der Waals surface area contributed by atoms with Gasteiger partial charge in [-0.1, -0.05) is 23.8 Å². The van der Waals surface area contributed by atoms with Crippen molar-refractivity contribution in [2.75, 3.05) is 0 Å². The first kappa shape index (κ1) is 16.4. The third-order valence-electron chi connectivity index (χ3n) is 3.14. The summed E-state index contributed by atoms with van der Waals surface area (Å²) < 4.78 is 4.87. The SMILES string of the molecule is C=C(C)C(=O)Cc1ccc(OC(=O)ON2C(=O)CCC2=O)cc1. The molecule has 0 aliphatic carbocycles. The number of amides is 2. The number of hydroxylamine groups is 2. The zero-order valence-electron chi connectivity index (χ0n) is 12.5. The topological polar surface area (TPSA) is 90.0 Å². The molecule has 1 heterocycles. The van der Waals surface area contributed by atoms with Gasteiger partial charge in [-0.15, -0.1) is 0 Å². The molecule has 2 rings (SSSR count). The Hall–Kier alpha value is -2.96. The van der Waals surface area contributed by atoms with E-state index in [4.69, 9.17) is 4.74 Å². The van der Waals surface area contributed by atoms with E-state index in [0.717, 1.165) is 5.56 Å². The highest BCUT2D eigenvalue weighted by Gasteiger charge is 2.33. The van der Waals surface area contributed by atoms with Crippen molar-refractivity contribution in [3.63, 3.8) is 0 Å². The number of nitrogens with zero attached hydrogens (tertiary/aromatic N) is 1. The summed E-state index contributed by atoms with van der Waals surface area (Å²) in [6.07, 6.45) is -0.953. The smallest absolute Gasteiger partial charge is 0.393 e. The number of hydrogen-bond acceptors (Lipinski definition) is 6. The summed E-state index contributed by atoms with van der Waals surface area (Å²) in [6.45, 7) is 5.21. The Labute approximate surface area is 132 Å². The van der Waals surface area contributed by atoms with Gasteiger partial charge in [-0.05, 0) is 30.2 Å². The van der Waals surface area contributed by atoms with E-state index < -0.39 is 18.0 Å². The summed E-state index contributed by atoms with van der Waals surface area (Å²) in [5, 5.41) is 0.405. The number of carbonyl (C=O) groups excluding carboxylic acids is 4. The van der Waals surface area contributed by atoms with E-state index in [-0.39, 0.29) is 30.8 Å². The third-order valence-corrected chi connectivity index (χ3v) is 3.14. The minimum Gasteiger partial charge on any atom is -0.393 e. The van der Waals surface area contributed by atoms with E-state index in [1.54, 1.807) is 19.1 Å². The van der Waals surface area contributed by atoms with Gasteiger partial charge in [0, 0.05) is 19.3 Å². The fraction of sp³-hybridized carbons (Fsp3) is 0.250. The lowest BCUT2D eigenvalue weighted by atomic mass is 10.1. The molecule has 0 unspecified atom stereocenters. The molecule has 1 fully saturated rings. The Morgan fingerprint density at radius 1 is 1.13 bits per heavy atom. The number of allylic oxidation sites excluding steroid dienone is 1. The largest absolute Gasteiger partial charge is 0.539 e. The van der Waals surface area contributed by atoms with Crippen LogP contribution in [0.4, 0.5) is 4.79 Å². The Morgan fingerprint density at radius 3 is 2.22 bits per heavy atom. The van der Waals surface area contributed by atoms with Crippen molar-refractivity contribution in [1.29, 1.82) is 0 Å². The van der Waals surface area contributed by atoms with Crippen LogP contribution in [-0.2, 0) is 25.6 Å². The standard InChI is InChI=1S/C16H15NO6/c1-10(2)13(18)9-11-3-5-12(6-4-11)22-16(21)23-17-14(19)7-8-15(17)20/h3-6H,1,7-9H2,2H3. The van der Waals surface area contributed by atoms with Gasteiger partial charge in [0.15, 0.2) is 5.78 Å². The molecule has 0 radical (unpaired) electrons.